The summed E-state index contributed by atoms with van der Waals surface area (Å²) in [5, 5.41) is 0.962. The van der Waals surface area contributed by atoms with Crippen LogP contribution in [-0.4, -0.2) is 42.0 Å². The number of piperidine rings is 1. The molecule has 0 spiro atoms. The highest BCUT2D eigenvalue weighted by Gasteiger charge is 2.30. The lowest BCUT2D eigenvalue weighted by molar-refractivity contribution is 0.0568. The Labute approximate surface area is 136 Å². The number of ether oxygens (including phenoxy) is 1. The van der Waals surface area contributed by atoms with Crippen LogP contribution >= 0.6 is 0 Å². The van der Waals surface area contributed by atoms with Gasteiger partial charge in [-0.1, -0.05) is 13.0 Å². The normalized spacial score (nSPS) is 21.4. The summed E-state index contributed by atoms with van der Waals surface area (Å²) >= 11 is 0. The maximum Gasteiger partial charge on any atom is 0.272 e. The molecule has 2 atom stereocenters. The molecule has 0 bridgehead atoms. The van der Waals surface area contributed by atoms with E-state index in [0.29, 0.717) is 18.2 Å². The van der Waals surface area contributed by atoms with Crippen LogP contribution in [0.4, 0.5) is 0 Å². The molecule has 1 aliphatic rings. The third-order valence-electron chi connectivity index (χ3n) is 4.63. The van der Waals surface area contributed by atoms with E-state index in [0.717, 1.165) is 36.0 Å². The first-order valence-corrected chi connectivity index (χ1v) is 8.08. The Morgan fingerprint density at radius 3 is 2.96 bits per heavy atom. The molecule has 2 aromatic rings. The van der Waals surface area contributed by atoms with Gasteiger partial charge in [-0.2, -0.15) is 0 Å². The topological polar surface area (TPSA) is 68.5 Å². The van der Waals surface area contributed by atoms with Crippen molar-refractivity contribution in [3.05, 3.63) is 36.0 Å². The lowest BCUT2D eigenvalue weighted by atomic mass is 9.92. The molecule has 1 saturated heterocycles. The van der Waals surface area contributed by atoms with Gasteiger partial charge in [0.05, 0.1) is 12.6 Å². The molecular formula is C18H23N3O2. The standard InChI is InChI=1S/C18H23N3O2/c1-12-7-8-21(14(9-12)11-19)18(22)17-5-3-13-10-15(23-2)4-6-16(13)20-17/h3-6,10,12,14H,7-9,11,19H2,1-2H3. The highest BCUT2D eigenvalue weighted by molar-refractivity contribution is 5.95. The third kappa shape index (κ3) is 3.15. The fraction of sp³-hybridized carbons (Fsp3) is 0.444. The van der Waals surface area contributed by atoms with E-state index in [4.69, 9.17) is 10.5 Å². The molecule has 1 amide bonds. The molecule has 2 N–H and O–H groups in total. The van der Waals surface area contributed by atoms with Crippen molar-refractivity contribution < 1.29 is 9.53 Å². The summed E-state index contributed by atoms with van der Waals surface area (Å²) in [5.74, 6) is 1.38. The highest BCUT2D eigenvalue weighted by atomic mass is 16.5. The Hall–Kier alpha value is -2.14. The molecule has 5 heteroatoms. The van der Waals surface area contributed by atoms with E-state index < -0.39 is 0 Å². The summed E-state index contributed by atoms with van der Waals surface area (Å²) in [5.41, 5.74) is 7.15. The van der Waals surface area contributed by atoms with Crippen LogP contribution in [0.15, 0.2) is 30.3 Å². The molecule has 3 rings (SSSR count). The lowest BCUT2D eigenvalue weighted by Crippen LogP contribution is -2.49. The molecule has 1 aromatic carbocycles. The van der Waals surface area contributed by atoms with Gasteiger partial charge in [-0.05, 0) is 43.0 Å². The highest BCUT2D eigenvalue weighted by Crippen LogP contribution is 2.24. The van der Waals surface area contributed by atoms with Crippen molar-refractivity contribution in [3.8, 4) is 5.75 Å². The number of pyridine rings is 1. The van der Waals surface area contributed by atoms with Crippen LogP contribution in [0, 0.1) is 5.92 Å². The number of aromatic nitrogens is 1. The Kier molecular flexibility index (Phi) is 4.48. The van der Waals surface area contributed by atoms with Crippen molar-refractivity contribution in [2.75, 3.05) is 20.2 Å². The van der Waals surface area contributed by atoms with Gasteiger partial charge in [0.2, 0.25) is 0 Å². The number of hydrogen-bond acceptors (Lipinski definition) is 4. The maximum absolute atomic E-state index is 12.8. The zero-order valence-corrected chi connectivity index (χ0v) is 13.7. The fourth-order valence-electron chi connectivity index (χ4n) is 3.24. The maximum atomic E-state index is 12.8. The van der Waals surface area contributed by atoms with Crippen molar-refractivity contribution in [2.24, 2.45) is 11.7 Å². The van der Waals surface area contributed by atoms with Crippen LogP contribution in [0.3, 0.4) is 0 Å². The van der Waals surface area contributed by atoms with Crippen molar-refractivity contribution in [3.63, 3.8) is 0 Å². The van der Waals surface area contributed by atoms with Gasteiger partial charge in [0.1, 0.15) is 11.4 Å². The number of fused-ring (bicyclic) bond motifs is 1. The van der Waals surface area contributed by atoms with E-state index in [9.17, 15) is 4.79 Å². The number of likely N-dealkylation sites (tertiary alicyclic amines) is 1. The molecular weight excluding hydrogens is 290 g/mol. The summed E-state index contributed by atoms with van der Waals surface area (Å²) in [4.78, 5) is 19.2. The minimum Gasteiger partial charge on any atom is -0.497 e. The van der Waals surface area contributed by atoms with Crippen LogP contribution in [0.5, 0.6) is 5.75 Å². The molecule has 23 heavy (non-hydrogen) atoms. The quantitative estimate of drug-likeness (QED) is 0.945. The Morgan fingerprint density at radius 2 is 2.22 bits per heavy atom. The SMILES string of the molecule is COc1ccc2nc(C(=O)N3CCC(C)CC3CN)ccc2c1. The number of rotatable bonds is 3. The molecule has 2 unspecified atom stereocenters. The number of carbonyl (C=O) groups excluding carboxylic acids is 1. The lowest BCUT2D eigenvalue weighted by Gasteiger charge is -2.37. The number of amides is 1. The molecule has 1 fully saturated rings. The summed E-state index contributed by atoms with van der Waals surface area (Å²) < 4.78 is 5.22. The van der Waals surface area contributed by atoms with Gasteiger partial charge < -0.3 is 15.4 Å². The summed E-state index contributed by atoms with van der Waals surface area (Å²) in [7, 11) is 1.64. The summed E-state index contributed by atoms with van der Waals surface area (Å²) in [6, 6.07) is 9.47. The molecule has 0 radical (unpaired) electrons. The van der Waals surface area contributed by atoms with E-state index in [2.05, 4.69) is 11.9 Å². The van der Waals surface area contributed by atoms with Crippen molar-refractivity contribution in [1.29, 1.82) is 0 Å². The second-order valence-electron chi connectivity index (χ2n) is 6.27. The summed E-state index contributed by atoms with van der Waals surface area (Å²) in [6.07, 6.45) is 1.99. The Balaban J connectivity index is 1.88. The van der Waals surface area contributed by atoms with Gasteiger partial charge in [-0.25, -0.2) is 4.98 Å². The second kappa shape index (κ2) is 6.54. The second-order valence-corrected chi connectivity index (χ2v) is 6.27. The van der Waals surface area contributed by atoms with Crippen LogP contribution in [0.1, 0.15) is 30.3 Å². The van der Waals surface area contributed by atoms with Crippen LogP contribution in [0.2, 0.25) is 0 Å². The predicted octanol–water partition coefficient (Wildman–Crippen LogP) is 2.44. The van der Waals surface area contributed by atoms with E-state index in [1.807, 2.05) is 29.2 Å². The third-order valence-corrected chi connectivity index (χ3v) is 4.63. The van der Waals surface area contributed by atoms with Gasteiger partial charge in [0.25, 0.3) is 5.91 Å². The first-order valence-electron chi connectivity index (χ1n) is 8.08. The van der Waals surface area contributed by atoms with Gasteiger partial charge in [0.15, 0.2) is 0 Å². The average Bonchev–Trinajstić information content (AvgIpc) is 2.60. The fourth-order valence-corrected chi connectivity index (χ4v) is 3.24. The largest absolute Gasteiger partial charge is 0.497 e. The van der Waals surface area contributed by atoms with Crippen LogP contribution in [0.25, 0.3) is 10.9 Å². The minimum absolute atomic E-state index is 0.0231. The molecule has 0 saturated carbocycles. The number of hydrogen-bond donors (Lipinski definition) is 1. The molecule has 122 valence electrons. The van der Waals surface area contributed by atoms with Crippen molar-refractivity contribution in [2.45, 2.75) is 25.8 Å². The molecule has 1 aromatic heterocycles. The van der Waals surface area contributed by atoms with Gasteiger partial charge in [-0.15, -0.1) is 0 Å². The predicted molar refractivity (Wildman–Crippen MR) is 90.6 cm³/mol. The molecule has 0 aliphatic carbocycles. The van der Waals surface area contributed by atoms with Crippen molar-refractivity contribution in [1.82, 2.24) is 9.88 Å². The zero-order valence-electron chi connectivity index (χ0n) is 13.7. The van der Waals surface area contributed by atoms with Crippen molar-refractivity contribution >= 4 is 16.8 Å². The number of carbonyl (C=O) groups is 1. The first-order chi connectivity index (χ1) is 11.1. The van der Waals surface area contributed by atoms with E-state index in [1.165, 1.54) is 0 Å². The minimum atomic E-state index is -0.0231. The number of methoxy groups -OCH3 is 1. The molecule has 2 heterocycles. The van der Waals surface area contributed by atoms with Gasteiger partial charge in [-0.3, -0.25) is 4.79 Å². The van der Waals surface area contributed by atoms with Crippen LogP contribution < -0.4 is 10.5 Å². The van der Waals surface area contributed by atoms with E-state index >= 15 is 0 Å². The van der Waals surface area contributed by atoms with Crippen LogP contribution in [-0.2, 0) is 0 Å². The monoisotopic (exact) mass is 313 g/mol. The summed E-state index contributed by atoms with van der Waals surface area (Å²) in [6.45, 7) is 3.47. The average molecular weight is 313 g/mol. The molecule has 5 nitrogen and oxygen atoms in total. The Bertz CT molecular complexity index is 716. The van der Waals surface area contributed by atoms with E-state index in [1.54, 1.807) is 13.2 Å². The first kappa shape index (κ1) is 15.7. The number of nitrogens with two attached hydrogens (primary N) is 1. The molecule has 1 aliphatic heterocycles. The number of nitrogens with zero attached hydrogens (tertiary/aromatic N) is 2. The number of benzene rings is 1. The Morgan fingerprint density at radius 1 is 1.39 bits per heavy atom. The van der Waals surface area contributed by atoms with Gasteiger partial charge >= 0.3 is 0 Å². The smallest absolute Gasteiger partial charge is 0.272 e. The zero-order chi connectivity index (χ0) is 16.4. The van der Waals surface area contributed by atoms with E-state index in [-0.39, 0.29) is 11.9 Å². The van der Waals surface area contributed by atoms with Gasteiger partial charge in [0, 0.05) is 24.5 Å².